The smallest absolute Gasteiger partial charge is 0.277 e. The van der Waals surface area contributed by atoms with Crippen molar-refractivity contribution in [3.05, 3.63) is 70.9 Å². The van der Waals surface area contributed by atoms with Gasteiger partial charge in [-0.25, -0.2) is 10.4 Å². The lowest BCUT2D eigenvalue weighted by Gasteiger charge is -2.06. The van der Waals surface area contributed by atoms with Crippen LogP contribution in [0, 0.1) is 0 Å². The third kappa shape index (κ3) is 4.58. The predicted octanol–water partition coefficient (Wildman–Crippen LogP) is 3.98. The van der Waals surface area contributed by atoms with Gasteiger partial charge in [-0.1, -0.05) is 48.9 Å². The van der Waals surface area contributed by atoms with Gasteiger partial charge in [0.1, 0.15) is 10.9 Å². The predicted molar refractivity (Wildman–Crippen MR) is 104 cm³/mol. The maximum absolute atomic E-state index is 11.8. The van der Waals surface area contributed by atoms with E-state index >= 15 is 0 Å². The van der Waals surface area contributed by atoms with Gasteiger partial charge in [0.15, 0.2) is 6.61 Å². The molecule has 1 amide bonds. The lowest BCUT2D eigenvalue weighted by atomic mass is 10.2. The van der Waals surface area contributed by atoms with Crippen LogP contribution in [0.15, 0.2) is 59.7 Å². The summed E-state index contributed by atoms with van der Waals surface area (Å²) in [4.78, 5) is 16.1. The van der Waals surface area contributed by atoms with Gasteiger partial charge in [0, 0.05) is 10.9 Å². The first-order chi connectivity index (χ1) is 12.7. The van der Waals surface area contributed by atoms with Crippen LogP contribution in [0.4, 0.5) is 0 Å². The molecular weight excluding hydrogens is 350 g/mol. The maximum atomic E-state index is 11.8. The molecule has 1 N–H and O–H groups in total. The summed E-state index contributed by atoms with van der Waals surface area (Å²) in [5, 5.41) is 5.20. The molecule has 5 nitrogen and oxygen atoms in total. The second-order valence-electron chi connectivity index (χ2n) is 5.64. The first kappa shape index (κ1) is 17.9. The number of rotatable bonds is 6. The molecule has 0 aliphatic heterocycles. The van der Waals surface area contributed by atoms with Gasteiger partial charge in [-0.05, 0) is 36.2 Å². The van der Waals surface area contributed by atoms with E-state index in [1.807, 2.05) is 54.6 Å². The topological polar surface area (TPSA) is 63.6 Å². The zero-order valence-electron chi connectivity index (χ0n) is 14.3. The lowest BCUT2D eigenvalue weighted by Crippen LogP contribution is -2.24. The highest BCUT2D eigenvalue weighted by atomic mass is 35.5. The van der Waals surface area contributed by atoms with Crippen LogP contribution in [0.3, 0.4) is 0 Å². The summed E-state index contributed by atoms with van der Waals surface area (Å²) in [6, 6.07) is 17.1. The fraction of sp³-hybridized carbons (Fsp3) is 0.150. The van der Waals surface area contributed by atoms with Crippen molar-refractivity contribution < 1.29 is 9.53 Å². The minimum Gasteiger partial charge on any atom is -0.484 e. The van der Waals surface area contributed by atoms with Crippen LogP contribution < -0.4 is 10.2 Å². The van der Waals surface area contributed by atoms with E-state index in [-0.39, 0.29) is 12.5 Å². The molecule has 0 bridgehead atoms. The van der Waals surface area contributed by atoms with Crippen molar-refractivity contribution in [2.75, 3.05) is 6.61 Å². The van der Waals surface area contributed by atoms with E-state index < -0.39 is 0 Å². The van der Waals surface area contributed by atoms with Crippen LogP contribution in [0.2, 0.25) is 5.15 Å². The molecule has 0 atom stereocenters. The second-order valence-corrected chi connectivity index (χ2v) is 6.00. The SMILES string of the molecule is CCc1ccc(OCC(=O)N/N=C/c2cc3ccccc3nc2Cl)cc1. The van der Waals surface area contributed by atoms with Gasteiger partial charge in [-0.3, -0.25) is 4.79 Å². The van der Waals surface area contributed by atoms with E-state index in [9.17, 15) is 4.79 Å². The van der Waals surface area contributed by atoms with Crippen molar-refractivity contribution in [1.29, 1.82) is 0 Å². The number of ether oxygens (including phenoxy) is 1. The fourth-order valence-corrected chi connectivity index (χ4v) is 2.57. The standard InChI is InChI=1S/C20H18ClN3O2/c1-2-14-7-9-17(10-8-14)26-13-19(25)24-22-12-16-11-15-5-3-4-6-18(15)23-20(16)21/h3-12H,2,13H2,1H3,(H,24,25)/b22-12+. The average Bonchev–Trinajstić information content (AvgIpc) is 2.67. The Morgan fingerprint density at radius 2 is 2.00 bits per heavy atom. The van der Waals surface area contributed by atoms with Crippen molar-refractivity contribution in [2.45, 2.75) is 13.3 Å². The Kier molecular flexibility index (Phi) is 5.81. The molecule has 0 unspecified atom stereocenters. The van der Waals surface area contributed by atoms with E-state index in [0.717, 1.165) is 17.3 Å². The molecule has 6 heteroatoms. The minimum atomic E-state index is -0.356. The highest BCUT2D eigenvalue weighted by Crippen LogP contribution is 2.18. The van der Waals surface area contributed by atoms with Crippen LogP contribution in [0.1, 0.15) is 18.1 Å². The van der Waals surface area contributed by atoms with Gasteiger partial charge < -0.3 is 4.74 Å². The Morgan fingerprint density at radius 3 is 2.77 bits per heavy atom. The Bertz CT molecular complexity index is 939. The second kappa shape index (κ2) is 8.45. The number of para-hydroxylation sites is 1. The minimum absolute atomic E-state index is 0.119. The van der Waals surface area contributed by atoms with Gasteiger partial charge in [-0.15, -0.1) is 0 Å². The molecule has 132 valence electrons. The van der Waals surface area contributed by atoms with Gasteiger partial charge in [-0.2, -0.15) is 5.10 Å². The van der Waals surface area contributed by atoms with E-state index in [4.69, 9.17) is 16.3 Å². The average molecular weight is 368 g/mol. The number of fused-ring (bicyclic) bond motifs is 1. The molecule has 0 saturated carbocycles. The zero-order chi connectivity index (χ0) is 18.4. The molecule has 2 aromatic carbocycles. The van der Waals surface area contributed by atoms with Crippen molar-refractivity contribution in [3.8, 4) is 5.75 Å². The van der Waals surface area contributed by atoms with Crippen LogP contribution >= 0.6 is 11.6 Å². The Morgan fingerprint density at radius 1 is 1.23 bits per heavy atom. The quantitative estimate of drug-likeness (QED) is 0.407. The summed E-state index contributed by atoms with van der Waals surface area (Å²) < 4.78 is 5.43. The highest BCUT2D eigenvalue weighted by molar-refractivity contribution is 6.32. The molecule has 1 heterocycles. The van der Waals surface area contributed by atoms with Crippen molar-refractivity contribution >= 4 is 34.6 Å². The molecule has 3 rings (SSSR count). The molecule has 0 spiro atoms. The van der Waals surface area contributed by atoms with Crippen molar-refractivity contribution in [1.82, 2.24) is 10.4 Å². The molecule has 0 saturated heterocycles. The Labute approximate surface area is 156 Å². The van der Waals surface area contributed by atoms with Gasteiger partial charge in [0.2, 0.25) is 0 Å². The third-order valence-corrected chi connectivity index (χ3v) is 4.10. The monoisotopic (exact) mass is 367 g/mol. The number of halogens is 1. The first-order valence-electron chi connectivity index (χ1n) is 8.24. The molecule has 26 heavy (non-hydrogen) atoms. The van der Waals surface area contributed by atoms with Crippen LogP contribution in [-0.4, -0.2) is 23.7 Å². The number of benzene rings is 2. The Balaban J connectivity index is 1.56. The number of amides is 1. The number of aryl methyl sites for hydroxylation is 1. The van der Waals surface area contributed by atoms with E-state index in [1.54, 1.807) is 0 Å². The number of hydrogen-bond donors (Lipinski definition) is 1. The fourth-order valence-electron chi connectivity index (χ4n) is 2.38. The first-order valence-corrected chi connectivity index (χ1v) is 8.62. The van der Waals surface area contributed by atoms with E-state index in [1.165, 1.54) is 11.8 Å². The largest absolute Gasteiger partial charge is 0.484 e. The summed E-state index contributed by atoms with van der Waals surface area (Å²) in [5.74, 6) is 0.286. The number of nitrogens with one attached hydrogen (secondary N) is 1. The Hall–Kier alpha value is -2.92. The molecule has 0 aliphatic rings. The molecule has 3 aromatic rings. The van der Waals surface area contributed by atoms with Crippen LogP contribution in [0.25, 0.3) is 10.9 Å². The number of carbonyl (C=O) groups is 1. The van der Waals surface area contributed by atoms with Crippen LogP contribution in [0.5, 0.6) is 5.75 Å². The van der Waals surface area contributed by atoms with Gasteiger partial charge >= 0.3 is 0 Å². The van der Waals surface area contributed by atoms with E-state index in [2.05, 4.69) is 22.4 Å². The van der Waals surface area contributed by atoms with Crippen LogP contribution in [-0.2, 0) is 11.2 Å². The van der Waals surface area contributed by atoms with Crippen molar-refractivity contribution in [2.24, 2.45) is 5.10 Å². The zero-order valence-corrected chi connectivity index (χ0v) is 15.0. The van der Waals surface area contributed by atoms with Crippen molar-refractivity contribution in [3.63, 3.8) is 0 Å². The lowest BCUT2D eigenvalue weighted by molar-refractivity contribution is -0.123. The summed E-state index contributed by atoms with van der Waals surface area (Å²) in [6.07, 6.45) is 2.43. The normalized spacial score (nSPS) is 11.0. The molecule has 0 radical (unpaired) electrons. The summed E-state index contributed by atoms with van der Waals surface area (Å²) >= 11 is 6.14. The number of carbonyl (C=O) groups excluding carboxylic acids is 1. The summed E-state index contributed by atoms with van der Waals surface area (Å²) in [5.41, 5.74) is 5.07. The molecule has 0 fully saturated rings. The summed E-state index contributed by atoms with van der Waals surface area (Å²) in [7, 11) is 0. The summed E-state index contributed by atoms with van der Waals surface area (Å²) in [6.45, 7) is 1.96. The number of nitrogens with zero attached hydrogens (tertiary/aromatic N) is 2. The van der Waals surface area contributed by atoms with Gasteiger partial charge in [0.25, 0.3) is 5.91 Å². The number of hydrazone groups is 1. The molecule has 0 aliphatic carbocycles. The maximum Gasteiger partial charge on any atom is 0.277 e. The molecular formula is C20H18ClN3O2. The number of aromatic nitrogens is 1. The highest BCUT2D eigenvalue weighted by Gasteiger charge is 2.04. The van der Waals surface area contributed by atoms with Gasteiger partial charge in [0.05, 0.1) is 11.7 Å². The third-order valence-electron chi connectivity index (χ3n) is 3.80. The number of hydrogen-bond acceptors (Lipinski definition) is 4. The van der Waals surface area contributed by atoms with E-state index in [0.29, 0.717) is 16.5 Å². The number of pyridine rings is 1. The molecule has 1 aromatic heterocycles.